The number of ether oxygens (including phenoxy) is 1. The fourth-order valence-electron chi connectivity index (χ4n) is 3.04. The van der Waals surface area contributed by atoms with E-state index >= 15 is 0 Å². The van der Waals surface area contributed by atoms with Crippen LogP contribution in [-0.2, 0) is 0 Å². The molecule has 7 nitrogen and oxygen atoms in total. The number of nitrogens with zero attached hydrogens (tertiary/aromatic N) is 2. The Bertz CT molecular complexity index is 1200. The summed E-state index contributed by atoms with van der Waals surface area (Å²) < 4.78 is 5.50. The number of aromatic nitrogens is 2. The highest BCUT2D eigenvalue weighted by molar-refractivity contribution is 6.00. The molecule has 144 valence electrons. The topological polar surface area (TPSA) is 99.6 Å². The number of methoxy groups -OCH3 is 1. The maximum atomic E-state index is 12.4. The molecule has 0 atom stereocenters. The van der Waals surface area contributed by atoms with Crippen molar-refractivity contribution < 1.29 is 14.6 Å². The van der Waals surface area contributed by atoms with Crippen LogP contribution >= 0.6 is 0 Å². The number of rotatable bonds is 5. The van der Waals surface area contributed by atoms with E-state index < -0.39 is 5.91 Å². The zero-order valence-corrected chi connectivity index (χ0v) is 15.6. The monoisotopic (exact) mass is 386 g/mol. The number of fused-ring (bicyclic) bond motifs is 1. The minimum atomic E-state index is -0.419. The van der Waals surface area contributed by atoms with Gasteiger partial charge in [-0.1, -0.05) is 30.3 Å². The molecule has 1 heterocycles. The molecule has 0 saturated heterocycles. The number of amides is 1. The predicted molar refractivity (Wildman–Crippen MR) is 111 cm³/mol. The van der Waals surface area contributed by atoms with Gasteiger partial charge in [0.25, 0.3) is 5.91 Å². The summed E-state index contributed by atoms with van der Waals surface area (Å²) in [6.45, 7) is 0. The first-order valence-electron chi connectivity index (χ1n) is 8.89. The van der Waals surface area contributed by atoms with E-state index in [0.717, 1.165) is 21.9 Å². The first-order chi connectivity index (χ1) is 14.2. The molecule has 1 aromatic heterocycles. The van der Waals surface area contributed by atoms with Crippen LogP contribution in [0.4, 0.5) is 0 Å². The van der Waals surface area contributed by atoms with Gasteiger partial charge in [-0.2, -0.15) is 10.2 Å². The van der Waals surface area contributed by atoms with Crippen molar-refractivity contribution in [2.45, 2.75) is 0 Å². The zero-order chi connectivity index (χ0) is 20.2. The number of aromatic amines is 1. The zero-order valence-electron chi connectivity index (χ0n) is 15.6. The largest absolute Gasteiger partial charge is 0.508 e. The lowest BCUT2D eigenvalue weighted by atomic mass is 10.0. The molecule has 0 radical (unpaired) electrons. The number of hydrogen-bond donors (Lipinski definition) is 3. The maximum Gasteiger partial charge on any atom is 0.289 e. The highest BCUT2D eigenvalue weighted by Gasteiger charge is 2.16. The first kappa shape index (κ1) is 18.2. The lowest BCUT2D eigenvalue weighted by molar-refractivity contribution is 0.0950. The Balaban J connectivity index is 1.58. The van der Waals surface area contributed by atoms with Crippen LogP contribution in [0, 0.1) is 0 Å². The standard InChI is InChI=1S/C22H18N4O3/c1-29-20-11-8-15-4-2-3-5-17(15)21(20)18-12-19(25-24-18)22(28)26-23-13-14-6-9-16(27)10-7-14/h2-13,27H,1H3,(H,24,25)(H,26,28). The highest BCUT2D eigenvalue weighted by Crippen LogP contribution is 2.36. The molecule has 0 aliphatic heterocycles. The summed E-state index contributed by atoms with van der Waals surface area (Å²) in [7, 11) is 1.60. The van der Waals surface area contributed by atoms with Crippen molar-refractivity contribution in [1.29, 1.82) is 0 Å². The van der Waals surface area contributed by atoms with Crippen molar-refractivity contribution in [3.05, 3.63) is 78.0 Å². The molecule has 7 heteroatoms. The minimum Gasteiger partial charge on any atom is -0.508 e. The molecule has 0 fully saturated rings. The Labute approximate surface area is 166 Å². The Morgan fingerprint density at radius 2 is 1.93 bits per heavy atom. The average Bonchev–Trinajstić information content (AvgIpc) is 3.24. The van der Waals surface area contributed by atoms with E-state index in [2.05, 4.69) is 20.7 Å². The number of H-pyrrole nitrogens is 1. The number of phenols is 1. The van der Waals surface area contributed by atoms with Crippen molar-refractivity contribution >= 4 is 22.9 Å². The van der Waals surface area contributed by atoms with Gasteiger partial charge < -0.3 is 9.84 Å². The van der Waals surface area contributed by atoms with Crippen molar-refractivity contribution in [2.24, 2.45) is 5.10 Å². The summed E-state index contributed by atoms with van der Waals surface area (Å²) in [5.41, 5.74) is 4.89. The van der Waals surface area contributed by atoms with Crippen molar-refractivity contribution in [1.82, 2.24) is 15.6 Å². The third-order valence-corrected chi connectivity index (χ3v) is 4.46. The van der Waals surface area contributed by atoms with Gasteiger partial charge >= 0.3 is 0 Å². The number of benzene rings is 3. The van der Waals surface area contributed by atoms with E-state index in [1.807, 2.05) is 36.4 Å². The van der Waals surface area contributed by atoms with Gasteiger partial charge in [-0.05, 0) is 52.7 Å². The summed E-state index contributed by atoms with van der Waals surface area (Å²) in [6, 6.07) is 19.9. The van der Waals surface area contributed by atoms with E-state index in [9.17, 15) is 9.90 Å². The van der Waals surface area contributed by atoms with E-state index in [4.69, 9.17) is 4.74 Å². The van der Waals surface area contributed by atoms with Crippen molar-refractivity contribution in [3.63, 3.8) is 0 Å². The van der Waals surface area contributed by atoms with E-state index in [-0.39, 0.29) is 11.4 Å². The summed E-state index contributed by atoms with van der Waals surface area (Å²) in [4.78, 5) is 12.4. The second-order valence-electron chi connectivity index (χ2n) is 6.32. The molecular weight excluding hydrogens is 368 g/mol. The number of phenolic OH excluding ortho intramolecular Hbond substituents is 1. The SMILES string of the molecule is COc1ccc2ccccc2c1-c1cc(C(=O)NN=Cc2ccc(O)cc2)[nH]n1. The van der Waals surface area contributed by atoms with Crippen LogP contribution in [0.3, 0.4) is 0 Å². The second-order valence-corrected chi connectivity index (χ2v) is 6.32. The van der Waals surface area contributed by atoms with Crippen LogP contribution in [0.1, 0.15) is 16.1 Å². The summed E-state index contributed by atoms with van der Waals surface area (Å²) in [5, 5.41) is 22.3. The van der Waals surface area contributed by atoms with Crippen molar-refractivity contribution in [3.8, 4) is 22.8 Å². The quantitative estimate of drug-likeness (QED) is 0.360. The van der Waals surface area contributed by atoms with Crippen LogP contribution in [0.15, 0.2) is 71.8 Å². The fourth-order valence-corrected chi connectivity index (χ4v) is 3.04. The average molecular weight is 386 g/mol. The third kappa shape index (κ3) is 3.79. The highest BCUT2D eigenvalue weighted by atomic mass is 16.5. The van der Waals surface area contributed by atoms with E-state index in [1.54, 1.807) is 37.4 Å². The number of nitrogens with one attached hydrogen (secondary N) is 2. The van der Waals surface area contributed by atoms with Gasteiger partial charge in [-0.15, -0.1) is 0 Å². The van der Waals surface area contributed by atoms with Gasteiger partial charge in [0.15, 0.2) is 0 Å². The van der Waals surface area contributed by atoms with Crippen LogP contribution in [0.25, 0.3) is 22.0 Å². The molecule has 0 aliphatic carbocycles. The molecule has 4 rings (SSSR count). The summed E-state index contributed by atoms with van der Waals surface area (Å²) in [5.74, 6) is 0.422. The number of hydrazone groups is 1. The molecule has 0 saturated carbocycles. The van der Waals surface area contributed by atoms with Crippen LogP contribution in [-0.4, -0.2) is 34.5 Å². The minimum absolute atomic E-state index is 0.167. The molecular formula is C22H18N4O3. The van der Waals surface area contributed by atoms with E-state index in [1.165, 1.54) is 6.21 Å². The normalized spacial score (nSPS) is 11.1. The summed E-state index contributed by atoms with van der Waals surface area (Å²) in [6.07, 6.45) is 1.49. The third-order valence-electron chi connectivity index (χ3n) is 4.46. The predicted octanol–water partition coefficient (Wildman–Crippen LogP) is 3.71. The Morgan fingerprint density at radius 3 is 2.72 bits per heavy atom. The molecule has 0 aliphatic rings. The lowest BCUT2D eigenvalue weighted by Gasteiger charge is -2.09. The van der Waals surface area contributed by atoms with Crippen LogP contribution in [0.5, 0.6) is 11.5 Å². The van der Waals surface area contributed by atoms with Gasteiger partial charge in [0.05, 0.1) is 24.6 Å². The van der Waals surface area contributed by atoms with Gasteiger partial charge in [0.2, 0.25) is 0 Å². The smallest absolute Gasteiger partial charge is 0.289 e. The number of carbonyl (C=O) groups is 1. The molecule has 3 aromatic carbocycles. The van der Waals surface area contributed by atoms with E-state index in [0.29, 0.717) is 11.4 Å². The molecule has 29 heavy (non-hydrogen) atoms. The fraction of sp³-hybridized carbons (Fsp3) is 0.0455. The van der Waals surface area contributed by atoms with Crippen LogP contribution in [0.2, 0.25) is 0 Å². The molecule has 0 bridgehead atoms. The Kier molecular flexibility index (Phi) is 4.94. The number of hydrogen-bond acceptors (Lipinski definition) is 5. The number of aromatic hydroxyl groups is 1. The molecule has 1 amide bonds. The number of carbonyl (C=O) groups excluding carboxylic acids is 1. The Morgan fingerprint density at radius 1 is 1.14 bits per heavy atom. The van der Waals surface area contributed by atoms with Crippen molar-refractivity contribution in [2.75, 3.05) is 7.11 Å². The Hall–Kier alpha value is -4.13. The molecule has 0 unspecified atom stereocenters. The van der Waals surface area contributed by atoms with Gasteiger partial charge in [0, 0.05) is 0 Å². The van der Waals surface area contributed by atoms with Crippen LogP contribution < -0.4 is 10.2 Å². The first-order valence-corrected chi connectivity index (χ1v) is 8.89. The molecule has 0 spiro atoms. The van der Waals surface area contributed by atoms with Gasteiger partial charge in [-0.25, -0.2) is 5.43 Å². The summed E-state index contributed by atoms with van der Waals surface area (Å²) >= 11 is 0. The van der Waals surface area contributed by atoms with Gasteiger partial charge in [-0.3, -0.25) is 9.89 Å². The van der Waals surface area contributed by atoms with Gasteiger partial charge in [0.1, 0.15) is 17.2 Å². The second kappa shape index (κ2) is 7.85. The molecule has 3 N–H and O–H groups in total. The lowest BCUT2D eigenvalue weighted by Crippen LogP contribution is -2.17. The molecule has 4 aromatic rings. The maximum absolute atomic E-state index is 12.4.